The van der Waals surface area contributed by atoms with Crippen LogP contribution in [0.25, 0.3) is 0 Å². The van der Waals surface area contributed by atoms with E-state index in [2.05, 4.69) is 15.6 Å². The van der Waals surface area contributed by atoms with Gasteiger partial charge in [0.05, 0.1) is 6.61 Å². The fourth-order valence-corrected chi connectivity index (χ4v) is 2.92. The van der Waals surface area contributed by atoms with E-state index in [1.165, 1.54) is 0 Å². The molecule has 31 heavy (non-hydrogen) atoms. The summed E-state index contributed by atoms with van der Waals surface area (Å²) in [5.74, 6) is 1.52. The summed E-state index contributed by atoms with van der Waals surface area (Å²) in [6.45, 7) is 4.68. The number of nitrogens with zero attached hydrogens (tertiary/aromatic N) is 2. The Hall–Kier alpha value is -3.06. The number of guanidine groups is 1. The number of anilines is 1. The van der Waals surface area contributed by atoms with Crippen LogP contribution in [0.2, 0.25) is 0 Å². The highest BCUT2D eigenvalue weighted by Crippen LogP contribution is 2.17. The van der Waals surface area contributed by atoms with Gasteiger partial charge in [-0.2, -0.15) is 0 Å². The van der Waals surface area contributed by atoms with Crippen LogP contribution in [-0.4, -0.2) is 64.3 Å². The second kappa shape index (κ2) is 13.3. The van der Waals surface area contributed by atoms with Crippen molar-refractivity contribution in [2.75, 3.05) is 52.8 Å². The van der Waals surface area contributed by atoms with Crippen LogP contribution in [0, 0.1) is 0 Å². The van der Waals surface area contributed by atoms with E-state index in [1.54, 1.807) is 26.1 Å². The lowest BCUT2D eigenvalue weighted by Gasteiger charge is -2.13. The quantitative estimate of drug-likeness (QED) is 0.327. The molecule has 2 aromatic carbocycles. The van der Waals surface area contributed by atoms with E-state index in [4.69, 9.17) is 9.47 Å². The average molecular weight is 427 g/mol. The number of benzene rings is 2. The number of ether oxygens (including phenoxy) is 2. The third kappa shape index (κ3) is 8.68. The number of carbonyl (C=O) groups is 1. The molecule has 7 nitrogen and oxygen atoms in total. The molecule has 0 bridgehead atoms. The second-order valence-electron chi connectivity index (χ2n) is 7.26. The maximum Gasteiger partial charge on any atom is 0.253 e. The van der Waals surface area contributed by atoms with Gasteiger partial charge in [0.1, 0.15) is 5.75 Å². The molecule has 0 aromatic heterocycles. The summed E-state index contributed by atoms with van der Waals surface area (Å²) in [6.07, 6.45) is 1.59. The third-order valence-electron chi connectivity index (χ3n) is 4.45. The van der Waals surface area contributed by atoms with Crippen LogP contribution in [0.3, 0.4) is 0 Å². The normalized spacial score (nSPS) is 11.2. The molecule has 168 valence electrons. The Morgan fingerprint density at radius 1 is 1.10 bits per heavy atom. The molecule has 0 saturated carbocycles. The zero-order valence-corrected chi connectivity index (χ0v) is 19.0. The number of amides is 1. The highest BCUT2D eigenvalue weighted by Gasteiger charge is 2.08. The van der Waals surface area contributed by atoms with Gasteiger partial charge in [-0.1, -0.05) is 18.2 Å². The van der Waals surface area contributed by atoms with Gasteiger partial charge in [-0.25, -0.2) is 0 Å². The van der Waals surface area contributed by atoms with E-state index in [0.29, 0.717) is 31.3 Å². The van der Waals surface area contributed by atoms with Gasteiger partial charge in [-0.05, 0) is 43.2 Å². The molecular formula is C24H34N4O3. The van der Waals surface area contributed by atoms with Gasteiger partial charge >= 0.3 is 0 Å². The number of rotatable bonds is 11. The highest BCUT2D eigenvalue weighted by molar-refractivity contribution is 5.94. The molecule has 2 rings (SSSR count). The maximum atomic E-state index is 12.2. The number of aliphatic imine (C=N–C) groups is 1. The SMILES string of the molecule is CCNC(=NCCc1cccc(C(=O)N(C)C)c1)Nc1cccc(OCCCOC)c1. The van der Waals surface area contributed by atoms with Crippen molar-refractivity contribution in [2.24, 2.45) is 4.99 Å². The van der Waals surface area contributed by atoms with Crippen LogP contribution in [0.4, 0.5) is 5.69 Å². The van der Waals surface area contributed by atoms with Gasteiger partial charge in [-0.15, -0.1) is 0 Å². The number of nitrogens with one attached hydrogen (secondary N) is 2. The Balaban J connectivity index is 1.96. The fourth-order valence-electron chi connectivity index (χ4n) is 2.92. The molecule has 0 aliphatic carbocycles. The predicted octanol–water partition coefficient (Wildman–Crippen LogP) is 3.42. The molecular weight excluding hydrogens is 392 g/mol. The predicted molar refractivity (Wildman–Crippen MR) is 126 cm³/mol. The van der Waals surface area contributed by atoms with E-state index < -0.39 is 0 Å². The van der Waals surface area contributed by atoms with E-state index in [1.807, 2.05) is 55.5 Å². The van der Waals surface area contributed by atoms with Crippen molar-refractivity contribution in [2.45, 2.75) is 19.8 Å². The molecule has 0 aliphatic rings. The summed E-state index contributed by atoms with van der Waals surface area (Å²) >= 11 is 0. The van der Waals surface area contributed by atoms with Crippen LogP contribution in [0.15, 0.2) is 53.5 Å². The van der Waals surface area contributed by atoms with Crippen molar-refractivity contribution in [1.82, 2.24) is 10.2 Å². The van der Waals surface area contributed by atoms with E-state index >= 15 is 0 Å². The molecule has 1 amide bonds. The molecule has 0 fully saturated rings. The number of methoxy groups -OCH3 is 1. The van der Waals surface area contributed by atoms with Crippen molar-refractivity contribution in [3.05, 3.63) is 59.7 Å². The van der Waals surface area contributed by atoms with Gasteiger partial charge in [0.25, 0.3) is 5.91 Å². The largest absolute Gasteiger partial charge is 0.493 e. The standard InChI is InChI=1S/C24H34N4O3/c1-5-25-24(27-21-11-7-12-22(18-21)31-16-8-15-30-4)26-14-13-19-9-6-10-20(17-19)23(29)28(2)3/h6-7,9-12,17-18H,5,8,13-16H2,1-4H3,(H2,25,26,27). The zero-order chi connectivity index (χ0) is 22.5. The Morgan fingerprint density at radius 2 is 1.90 bits per heavy atom. The monoisotopic (exact) mass is 426 g/mol. The lowest BCUT2D eigenvalue weighted by molar-refractivity contribution is 0.0827. The van der Waals surface area contributed by atoms with E-state index in [-0.39, 0.29) is 5.91 Å². The maximum absolute atomic E-state index is 12.2. The molecule has 7 heteroatoms. The smallest absolute Gasteiger partial charge is 0.253 e. The van der Waals surface area contributed by atoms with Crippen molar-refractivity contribution in [3.8, 4) is 5.75 Å². The molecule has 2 N–H and O–H groups in total. The Labute approximate surface area is 185 Å². The summed E-state index contributed by atoms with van der Waals surface area (Å²) in [6, 6.07) is 15.5. The topological polar surface area (TPSA) is 75.2 Å². The first-order valence-electron chi connectivity index (χ1n) is 10.6. The Kier molecular flexibility index (Phi) is 10.4. The highest BCUT2D eigenvalue weighted by atomic mass is 16.5. The molecule has 0 aliphatic heterocycles. The first-order valence-corrected chi connectivity index (χ1v) is 10.6. The van der Waals surface area contributed by atoms with Gasteiger partial charge in [0.15, 0.2) is 5.96 Å². The van der Waals surface area contributed by atoms with Gasteiger partial charge < -0.3 is 25.0 Å². The van der Waals surface area contributed by atoms with Gasteiger partial charge in [0, 0.05) is 64.6 Å². The van der Waals surface area contributed by atoms with Crippen molar-refractivity contribution >= 4 is 17.6 Å². The molecule has 0 spiro atoms. The minimum atomic E-state index is 0.00433. The van der Waals surface area contributed by atoms with Crippen LogP contribution >= 0.6 is 0 Å². The molecule has 2 aromatic rings. The van der Waals surface area contributed by atoms with Crippen molar-refractivity contribution in [3.63, 3.8) is 0 Å². The number of carbonyl (C=O) groups excluding carboxylic acids is 1. The van der Waals surface area contributed by atoms with Gasteiger partial charge in [0.2, 0.25) is 0 Å². The summed E-state index contributed by atoms with van der Waals surface area (Å²) in [5, 5.41) is 6.59. The number of hydrogen-bond donors (Lipinski definition) is 2. The van der Waals surface area contributed by atoms with E-state index in [0.717, 1.165) is 36.4 Å². The molecule has 0 unspecified atom stereocenters. The second-order valence-corrected chi connectivity index (χ2v) is 7.26. The molecule has 0 atom stereocenters. The van der Waals surface area contributed by atoms with Crippen LogP contribution in [-0.2, 0) is 11.2 Å². The molecule has 0 radical (unpaired) electrons. The van der Waals surface area contributed by atoms with Crippen LogP contribution in [0.5, 0.6) is 5.75 Å². The van der Waals surface area contributed by atoms with E-state index in [9.17, 15) is 4.79 Å². The molecule has 0 heterocycles. The first-order chi connectivity index (χ1) is 15.0. The zero-order valence-electron chi connectivity index (χ0n) is 19.0. The first kappa shape index (κ1) is 24.2. The van der Waals surface area contributed by atoms with Gasteiger partial charge in [-0.3, -0.25) is 9.79 Å². The summed E-state index contributed by atoms with van der Waals surface area (Å²) in [7, 11) is 5.20. The Morgan fingerprint density at radius 3 is 2.65 bits per heavy atom. The molecule has 0 saturated heterocycles. The lowest BCUT2D eigenvalue weighted by atomic mass is 10.1. The lowest BCUT2D eigenvalue weighted by Crippen LogP contribution is -2.30. The summed E-state index contributed by atoms with van der Waals surface area (Å²) in [4.78, 5) is 18.4. The minimum Gasteiger partial charge on any atom is -0.493 e. The summed E-state index contributed by atoms with van der Waals surface area (Å²) < 4.78 is 10.8. The average Bonchev–Trinajstić information content (AvgIpc) is 2.77. The third-order valence-corrected chi connectivity index (χ3v) is 4.45. The van der Waals surface area contributed by atoms with Crippen LogP contribution in [0.1, 0.15) is 29.3 Å². The fraction of sp³-hybridized carbons (Fsp3) is 0.417. The van der Waals surface area contributed by atoms with Crippen molar-refractivity contribution < 1.29 is 14.3 Å². The minimum absolute atomic E-state index is 0.00433. The van der Waals surface area contributed by atoms with Crippen LogP contribution < -0.4 is 15.4 Å². The van der Waals surface area contributed by atoms with Crippen molar-refractivity contribution in [1.29, 1.82) is 0 Å². The number of hydrogen-bond acceptors (Lipinski definition) is 4. The Bertz CT molecular complexity index is 852. The summed E-state index contributed by atoms with van der Waals surface area (Å²) in [5.41, 5.74) is 2.68.